The SMILES string of the molecule is Cc1nc2[nH]c(=O)n(C)c(=O)c2n1CC(C)(C)C. The second-order valence-corrected chi connectivity index (χ2v) is 5.80. The minimum absolute atomic E-state index is 0.0273. The molecule has 2 aromatic rings. The second kappa shape index (κ2) is 3.83. The third kappa shape index (κ3) is 1.98. The lowest BCUT2D eigenvalue weighted by Gasteiger charge is -2.20. The normalized spacial score (nSPS) is 12.3. The largest absolute Gasteiger partial charge is 0.329 e. The second-order valence-electron chi connectivity index (χ2n) is 5.80. The summed E-state index contributed by atoms with van der Waals surface area (Å²) in [5.74, 6) is 0.735. The summed E-state index contributed by atoms with van der Waals surface area (Å²) < 4.78 is 2.94. The van der Waals surface area contributed by atoms with E-state index in [1.807, 2.05) is 11.5 Å². The first-order chi connectivity index (χ1) is 8.20. The Morgan fingerprint density at radius 1 is 1.28 bits per heavy atom. The molecule has 0 aliphatic rings. The quantitative estimate of drug-likeness (QED) is 0.812. The standard InChI is InChI=1S/C12H18N4O2/c1-7-13-9-8(16(7)6-12(2,3)4)10(17)15(5)11(18)14-9/h6H2,1-5H3,(H,14,18). The topological polar surface area (TPSA) is 72.7 Å². The Labute approximate surface area is 104 Å². The maximum absolute atomic E-state index is 12.2. The molecule has 0 atom stereocenters. The molecule has 0 unspecified atom stereocenters. The lowest BCUT2D eigenvalue weighted by atomic mass is 9.97. The zero-order valence-electron chi connectivity index (χ0n) is 11.4. The summed E-state index contributed by atoms with van der Waals surface area (Å²) in [6, 6.07) is 0. The summed E-state index contributed by atoms with van der Waals surface area (Å²) in [4.78, 5) is 30.5. The van der Waals surface area contributed by atoms with Gasteiger partial charge in [0, 0.05) is 13.6 Å². The fourth-order valence-electron chi connectivity index (χ4n) is 1.97. The van der Waals surface area contributed by atoms with Crippen LogP contribution in [0, 0.1) is 12.3 Å². The summed E-state index contributed by atoms with van der Waals surface area (Å²) in [7, 11) is 1.46. The van der Waals surface area contributed by atoms with Crippen molar-refractivity contribution in [3.05, 3.63) is 26.7 Å². The van der Waals surface area contributed by atoms with Crippen molar-refractivity contribution in [2.45, 2.75) is 34.2 Å². The Hall–Kier alpha value is -1.85. The molecule has 0 saturated heterocycles. The minimum Gasteiger partial charge on any atom is -0.322 e. The molecular weight excluding hydrogens is 232 g/mol. The van der Waals surface area contributed by atoms with Crippen LogP contribution in [0.15, 0.2) is 9.59 Å². The van der Waals surface area contributed by atoms with Crippen molar-refractivity contribution in [2.24, 2.45) is 12.5 Å². The van der Waals surface area contributed by atoms with Crippen LogP contribution >= 0.6 is 0 Å². The van der Waals surface area contributed by atoms with Crippen molar-refractivity contribution in [2.75, 3.05) is 0 Å². The number of hydrogen-bond acceptors (Lipinski definition) is 3. The van der Waals surface area contributed by atoms with Gasteiger partial charge in [-0.3, -0.25) is 14.3 Å². The molecule has 0 aliphatic heterocycles. The predicted octanol–water partition coefficient (Wildman–Crippen LogP) is 0.778. The molecule has 2 heterocycles. The van der Waals surface area contributed by atoms with E-state index in [4.69, 9.17) is 0 Å². The number of H-pyrrole nitrogens is 1. The first-order valence-corrected chi connectivity index (χ1v) is 5.87. The molecule has 2 aromatic heterocycles. The van der Waals surface area contributed by atoms with Crippen LogP contribution < -0.4 is 11.2 Å². The molecule has 0 spiro atoms. The molecule has 98 valence electrons. The number of rotatable bonds is 1. The van der Waals surface area contributed by atoms with Gasteiger partial charge < -0.3 is 4.57 Å². The molecule has 2 rings (SSSR count). The molecule has 6 heteroatoms. The molecule has 1 N–H and O–H groups in total. The lowest BCUT2D eigenvalue weighted by molar-refractivity contribution is 0.344. The number of fused-ring (bicyclic) bond motifs is 1. The number of nitrogens with zero attached hydrogens (tertiary/aromatic N) is 3. The van der Waals surface area contributed by atoms with Crippen LogP contribution in [0.4, 0.5) is 0 Å². The van der Waals surface area contributed by atoms with Gasteiger partial charge in [-0.15, -0.1) is 0 Å². The van der Waals surface area contributed by atoms with E-state index in [0.717, 1.165) is 10.4 Å². The van der Waals surface area contributed by atoms with E-state index < -0.39 is 5.69 Å². The number of hydrogen-bond donors (Lipinski definition) is 1. The first-order valence-electron chi connectivity index (χ1n) is 5.87. The molecule has 6 nitrogen and oxygen atoms in total. The van der Waals surface area contributed by atoms with Crippen LogP contribution in [0.25, 0.3) is 11.2 Å². The Kier molecular flexibility index (Phi) is 2.68. The van der Waals surface area contributed by atoms with E-state index >= 15 is 0 Å². The molecule has 0 saturated carbocycles. The smallest absolute Gasteiger partial charge is 0.322 e. The molecule has 0 amide bonds. The van der Waals surface area contributed by atoms with Gasteiger partial charge in [0.15, 0.2) is 11.2 Å². The van der Waals surface area contributed by atoms with Crippen molar-refractivity contribution >= 4 is 11.2 Å². The monoisotopic (exact) mass is 250 g/mol. The Morgan fingerprint density at radius 3 is 2.44 bits per heavy atom. The van der Waals surface area contributed by atoms with Crippen molar-refractivity contribution in [1.82, 2.24) is 19.1 Å². The summed E-state index contributed by atoms with van der Waals surface area (Å²) in [5.41, 5.74) is 0.111. The summed E-state index contributed by atoms with van der Waals surface area (Å²) in [6.45, 7) is 8.79. The van der Waals surface area contributed by atoms with E-state index in [-0.39, 0.29) is 11.0 Å². The van der Waals surface area contributed by atoms with Gasteiger partial charge in [-0.1, -0.05) is 20.8 Å². The van der Waals surface area contributed by atoms with E-state index in [9.17, 15) is 9.59 Å². The fourth-order valence-corrected chi connectivity index (χ4v) is 1.97. The maximum Gasteiger partial charge on any atom is 0.329 e. The van der Waals surface area contributed by atoms with E-state index in [0.29, 0.717) is 17.7 Å². The number of nitrogens with one attached hydrogen (secondary N) is 1. The number of aryl methyl sites for hydroxylation is 1. The highest BCUT2D eigenvalue weighted by Crippen LogP contribution is 2.20. The van der Waals surface area contributed by atoms with Crippen molar-refractivity contribution in [3.63, 3.8) is 0 Å². The number of aromatic nitrogens is 4. The molecule has 0 fully saturated rings. The number of imidazole rings is 1. The fraction of sp³-hybridized carbons (Fsp3) is 0.583. The lowest BCUT2D eigenvalue weighted by Crippen LogP contribution is -2.33. The molecule has 0 bridgehead atoms. The van der Waals surface area contributed by atoms with Crippen LogP contribution in [-0.4, -0.2) is 19.1 Å². The van der Waals surface area contributed by atoms with E-state index in [2.05, 4.69) is 30.7 Å². The van der Waals surface area contributed by atoms with Crippen molar-refractivity contribution in [1.29, 1.82) is 0 Å². The van der Waals surface area contributed by atoms with Gasteiger partial charge in [0.1, 0.15) is 5.82 Å². The zero-order valence-corrected chi connectivity index (χ0v) is 11.4. The Morgan fingerprint density at radius 2 is 1.89 bits per heavy atom. The summed E-state index contributed by atoms with van der Waals surface area (Å²) in [6.07, 6.45) is 0. The van der Waals surface area contributed by atoms with Gasteiger partial charge in [-0.05, 0) is 12.3 Å². The van der Waals surface area contributed by atoms with Gasteiger partial charge in [0.05, 0.1) is 0 Å². The first kappa shape index (κ1) is 12.6. The minimum atomic E-state index is -0.437. The molecule has 0 aliphatic carbocycles. The van der Waals surface area contributed by atoms with Crippen LogP contribution in [0.3, 0.4) is 0 Å². The van der Waals surface area contributed by atoms with Crippen molar-refractivity contribution < 1.29 is 0 Å². The van der Waals surface area contributed by atoms with Gasteiger partial charge in [-0.2, -0.15) is 0 Å². The molecular formula is C12H18N4O2. The third-order valence-corrected chi connectivity index (χ3v) is 2.83. The van der Waals surface area contributed by atoms with Crippen LogP contribution in [0.1, 0.15) is 26.6 Å². The van der Waals surface area contributed by atoms with Gasteiger partial charge in [0.2, 0.25) is 0 Å². The van der Waals surface area contributed by atoms with E-state index in [1.54, 1.807) is 0 Å². The molecule has 18 heavy (non-hydrogen) atoms. The Balaban J connectivity index is 2.83. The third-order valence-electron chi connectivity index (χ3n) is 2.83. The highest BCUT2D eigenvalue weighted by Gasteiger charge is 2.19. The highest BCUT2D eigenvalue weighted by atomic mass is 16.2. The van der Waals surface area contributed by atoms with Crippen LogP contribution in [0.5, 0.6) is 0 Å². The van der Waals surface area contributed by atoms with Crippen LogP contribution in [-0.2, 0) is 13.6 Å². The van der Waals surface area contributed by atoms with Crippen molar-refractivity contribution in [3.8, 4) is 0 Å². The maximum atomic E-state index is 12.2. The zero-order chi connectivity index (χ0) is 13.7. The number of aromatic amines is 1. The molecule has 0 radical (unpaired) electrons. The van der Waals surface area contributed by atoms with Gasteiger partial charge in [0.25, 0.3) is 5.56 Å². The van der Waals surface area contributed by atoms with Gasteiger partial charge >= 0.3 is 5.69 Å². The average molecular weight is 250 g/mol. The van der Waals surface area contributed by atoms with Crippen LogP contribution in [0.2, 0.25) is 0 Å². The average Bonchev–Trinajstić information content (AvgIpc) is 2.50. The predicted molar refractivity (Wildman–Crippen MR) is 69.8 cm³/mol. The van der Waals surface area contributed by atoms with E-state index in [1.165, 1.54) is 7.05 Å². The summed E-state index contributed by atoms with van der Waals surface area (Å²) in [5, 5.41) is 0. The van der Waals surface area contributed by atoms with Gasteiger partial charge in [-0.25, -0.2) is 9.78 Å². The summed E-state index contributed by atoms with van der Waals surface area (Å²) >= 11 is 0. The highest BCUT2D eigenvalue weighted by molar-refractivity contribution is 5.70. The molecule has 0 aromatic carbocycles. The Bertz CT molecular complexity index is 712.